The average molecular weight is 341 g/mol. The molecule has 0 atom stereocenters. The summed E-state index contributed by atoms with van der Waals surface area (Å²) in [6.45, 7) is 0. The minimum atomic E-state index is -0.0842. The molecular formula is C18H17ClN4O. The number of rotatable bonds is 3. The van der Waals surface area contributed by atoms with Crippen molar-refractivity contribution >= 4 is 28.7 Å². The Morgan fingerprint density at radius 3 is 2.83 bits per heavy atom. The van der Waals surface area contributed by atoms with Crippen LogP contribution in [-0.4, -0.2) is 26.5 Å². The Balaban J connectivity index is 1.72. The van der Waals surface area contributed by atoms with Gasteiger partial charge in [-0.15, -0.1) is 0 Å². The van der Waals surface area contributed by atoms with E-state index in [0.717, 1.165) is 29.9 Å². The van der Waals surface area contributed by atoms with Crippen LogP contribution in [0.2, 0.25) is 5.02 Å². The molecule has 2 heterocycles. The fraction of sp³-hybridized carbons (Fsp3) is 0.278. The summed E-state index contributed by atoms with van der Waals surface area (Å²) in [4.78, 5) is 21.4. The zero-order valence-corrected chi connectivity index (χ0v) is 14.0. The highest BCUT2D eigenvalue weighted by Gasteiger charge is 2.21. The number of amides is 1. The Morgan fingerprint density at radius 1 is 1.33 bits per heavy atom. The number of nitrogens with zero attached hydrogens (tertiary/aromatic N) is 3. The van der Waals surface area contributed by atoms with Gasteiger partial charge < -0.3 is 9.88 Å². The fourth-order valence-corrected chi connectivity index (χ4v) is 3.13. The van der Waals surface area contributed by atoms with Crippen molar-refractivity contribution in [2.75, 3.05) is 0 Å². The van der Waals surface area contributed by atoms with E-state index in [-0.39, 0.29) is 5.91 Å². The largest absolute Gasteiger partial charge is 0.349 e. The monoisotopic (exact) mass is 340 g/mol. The van der Waals surface area contributed by atoms with Crippen LogP contribution in [0.1, 0.15) is 29.6 Å². The molecule has 1 saturated carbocycles. The number of hydrogen-bond acceptors (Lipinski definition) is 3. The lowest BCUT2D eigenvalue weighted by molar-refractivity contribution is 0.0917. The summed E-state index contributed by atoms with van der Waals surface area (Å²) in [6.07, 6.45) is 4.90. The second-order valence-electron chi connectivity index (χ2n) is 6.14. The van der Waals surface area contributed by atoms with E-state index in [9.17, 15) is 4.79 Å². The first-order valence-corrected chi connectivity index (χ1v) is 8.39. The molecule has 0 aliphatic heterocycles. The molecule has 1 N–H and O–H groups in total. The molecule has 3 aromatic rings. The van der Waals surface area contributed by atoms with Gasteiger partial charge in [0.2, 0.25) is 0 Å². The van der Waals surface area contributed by atoms with Crippen LogP contribution in [0.15, 0.2) is 36.5 Å². The van der Waals surface area contributed by atoms with Crippen LogP contribution in [0.3, 0.4) is 0 Å². The zero-order chi connectivity index (χ0) is 16.7. The van der Waals surface area contributed by atoms with Crippen molar-refractivity contribution in [3.63, 3.8) is 0 Å². The van der Waals surface area contributed by atoms with Gasteiger partial charge in [-0.1, -0.05) is 23.7 Å². The summed E-state index contributed by atoms with van der Waals surface area (Å²) < 4.78 is 1.89. The van der Waals surface area contributed by atoms with Gasteiger partial charge in [0.25, 0.3) is 5.91 Å². The molecule has 1 fully saturated rings. The molecule has 1 aromatic carbocycles. The minimum Gasteiger partial charge on any atom is -0.349 e. The van der Waals surface area contributed by atoms with Gasteiger partial charge in [0.15, 0.2) is 5.65 Å². The molecule has 1 aliphatic carbocycles. The van der Waals surface area contributed by atoms with Crippen molar-refractivity contribution in [3.05, 3.63) is 47.1 Å². The fourth-order valence-electron chi connectivity index (χ4n) is 2.90. The normalized spacial score (nSPS) is 14.6. The van der Waals surface area contributed by atoms with Crippen molar-refractivity contribution in [1.29, 1.82) is 0 Å². The van der Waals surface area contributed by atoms with Crippen LogP contribution in [0.5, 0.6) is 0 Å². The quantitative estimate of drug-likeness (QED) is 0.793. The molecule has 0 unspecified atom stereocenters. The summed E-state index contributed by atoms with van der Waals surface area (Å²) in [6, 6.07) is 9.66. The van der Waals surface area contributed by atoms with Gasteiger partial charge >= 0.3 is 0 Å². The number of aromatic nitrogens is 3. The predicted octanol–water partition coefficient (Wildman–Crippen LogP) is 3.57. The van der Waals surface area contributed by atoms with Gasteiger partial charge in [-0.05, 0) is 37.5 Å². The van der Waals surface area contributed by atoms with E-state index in [4.69, 9.17) is 11.6 Å². The molecule has 24 heavy (non-hydrogen) atoms. The maximum Gasteiger partial charge on any atom is 0.253 e. The third-order valence-corrected chi connectivity index (χ3v) is 4.86. The van der Waals surface area contributed by atoms with Crippen molar-refractivity contribution in [2.45, 2.75) is 25.3 Å². The number of imidazole rings is 1. The van der Waals surface area contributed by atoms with Gasteiger partial charge in [-0.2, -0.15) is 0 Å². The molecule has 1 aliphatic rings. The van der Waals surface area contributed by atoms with Crippen LogP contribution in [-0.2, 0) is 7.05 Å². The molecule has 0 bridgehead atoms. The SMILES string of the molecule is Cn1c(-c2ccccc2Cl)nc2cc(C(=O)NC3CCC3)cnc21. The number of pyridine rings is 1. The van der Waals surface area contributed by atoms with Crippen molar-refractivity contribution < 1.29 is 4.79 Å². The smallest absolute Gasteiger partial charge is 0.253 e. The van der Waals surface area contributed by atoms with E-state index in [1.165, 1.54) is 6.42 Å². The molecular weight excluding hydrogens is 324 g/mol. The van der Waals surface area contributed by atoms with E-state index in [0.29, 0.717) is 22.1 Å². The average Bonchev–Trinajstić information content (AvgIpc) is 2.87. The molecule has 122 valence electrons. The molecule has 1 amide bonds. The number of hydrogen-bond donors (Lipinski definition) is 1. The molecule has 0 saturated heterocycles. The maximum atomic E-state index is 12.3. The topological polar surface area (TPSA) is 59.8 Å². The number of fused-ring (bicyclic) bond motifs is 1. The van der Waals surface area contributed by atoms with Gasteiger partial charge in [0.05, 0.1) is 10.6 Å². The highest BCUT2D eigenvalue weighted by molar-refractivity contribution is 6.33. The number of nitrogens with one attached hydrogen (secondary N) is 1. The van der Waals surface area contributed by atoms with Crippen LogP contribution >= 0.6 is 11.6 Å². The Kier molecular flexibility index (Phi) is 3.73. The second kappa shape index (κ2) is 5.91. The van der Waals surface area contributed by atoms with E-state index in [1.54, 1.807) is 12.3 Å². The Hall–Kier alpha value is -2.40. The Morgan fingerprint density at radius 2 is 2.12 bits per heavy atom. The summed E-state index contributed by atoms with van der Waals surface area (Å²) in [5.41, 5.74) is 2.80. The minimum absolute atomic E-state index is 0.0842. The molecule has 0 spiro atoms. The van der Waals surface area contributed by atoms with Crippen LogP contribution < -0.4 is 5.32 Å². The van der Waals surface area contributed by atoms with Crippen molar-refractivity contribution in [3.8, 4) is 11.4 Å². The zero-order valence-electron chi connectivity index (χ0n) is 13.3. The number of aryl methyl sites for hydroxylation is 1. The summed E-state index contributed by atoms with van der Waals surface area (Å²) in [7, 11) is 1.90. The van der Waals surface area contributed by atoms with Crippen LogP contribution in [0.25, 0.3) is 22.6 Å². The number of benzene rings is 1. The van der Waals surface area contributed by atoms with Gasteiger partial charge in [0.1, 0.15) is 11.3 Å². The highest BCUT2D eigenvalue weighted by Crippen LogP contribution is 2.29. The lowest BCUT2D eigenvalue weighted by Crippen LogP contribution is -2.39. The molecule has 6 heteroatoms. The lowest BCUT2D eigenvalue weighted by Gasteiger charge is -2.26. The van der Waals surface area contributed by atoms with Crippen LogP contribution in [0, 0.1) is 0 Å². The molecule has 4 rings (SSSR count). The third kappa shape index (κ3) is 2.55. The number of carbonyl (C=O) groups excluding carboxylic acids is 1. The van der Waals surface area contributed by atoms with E-state index in [2.05, 4.69) is 15.3 Å². The third-order valence-electron chi connectivity index (χ3n) is 4.53. The molecule has 2 aromatic heterocycles. The summed E-state index contributed by atoms with van der Waals surface area (Å²) >= 11 is 6.28. The highest BCUT2D eigenvalue weighted by atomic mass is 35.5. The van der Waals surface area contributed by atoms with E-state index >= 15 is 0 Å². The van der Waals surface area contributed by atoms with Gasteiger partial charge in [-0.3, -0.25) is 4.79 Å². The second-order valence-corrected chi connectivity index (χ2v) is 6.55. The summed E-state index contributed by atoms with van der Waals surface area (Å²) in [5.74, 6) is 0.652. The lowest BCUT2D eigenvalue weighted by atomic mass is 9.93. The first-order valence-electron chi connectivity index (χ1n) is 8.02. The maximum absolute atomic E-state index is 12.3. The van der Waals surface area contributed by atoms with Crippen LogP contribution in [0.4, 0.5) is 0 Å². The number of carbonyl (C=O) groups is 1. The molecule has 5 nitrogen and oxygen atoms in total. The van der Waals surface area contributed by atoms with E-state index < -0.39 is 0 Å². The first kappa shape index (κ1) is 15.1. The van der Waals surface area contributed by atoms with Gasteiger partial charge in [-0.25, -0.2) is 9.97 Å². The first-order chi connectivity index (χ1) is 11.6. The standard InChI is InChI=1S/C18H17ClN4O/c1-23-16(13-7-2-3-8-14(13)19)22-15-9-11(10-20-17(15)23)18(24)21-12-5-4-6-12/h2-3,7-10,12H,4-6H2,1H3,(H,21,24). The predicted molar refractivity (Wildman–Crippen MR) is 94.1 cm³/mol. The van der Waals surface area contributed by atoms with Gasteiger partial charge in [0, 0.05) is 24.8 Å². The Bertz CT molecular complexity index is 930. The molecule has 0 radical (unpaired) electrons. The summed E-state index contributed by atoms with van der Waals surface area (Å²) in [5, 5.41) is 3.66. The number of halogens is 1. The Labute approximate surface area is 144 Å². The van der Waals surface area contributed by atoms with Crippen molar-refractivity contribution in [2.24, 2.45) is 7.05 Å². The van der Waals surface area contributed by atoms with Crippen molar-refractivity contribution in [1.82, 2.24) is 19.9 Å². The van der Waals surface area contributed by atoms with E-state index in [1.807, 2.05) is 35.9 Å².